The van der Waals surface area contributed by atoms with Gasteiger partial charge in [-0.05, 0) is 105 Å². The molecule has 160 valence electrons. The lowest BCUT2D eigenvalue weighted by Crippen LogP contribution is -2.25. The normalized spacial score (nSPS) is 27.9. The van der Waals surface area contributed by atoms with E-state index in [0.717, 1.165) is 49.7 Å². The molecule has 1 aromatic rings. The Bertz CT molecular complexity index is 598. The van der Waals surface area contributed by atoms with Gasteiger partial charge >= 0.3 is 0 Å². The minimum Gasteiger partial charge on any atom is -0.377 e. The summed E-state index contributed by atoms with van der Waals surface area (Å²) in [6, 6.07) is 9.28. The summed E-state index contributed by atoms with van der Waals surface area (Å²) in [4.78, 5) is 0. The van der Waals surface area contributed by atoms with Gasteiger partial charge in [0, 0.05) is 6.61 Å². The summed E-state index contributed by atoms with van der Waals surface area (Å²) in [5.74, 6) is 3.64. The lowest BCUT2D eigenvalue weighted by atomic mass is 9.68. The minimum atomic E-state index is 0.736. The van der Waals surface area contributed by atoms with E-state index in [2.05, 4.69) is 49.9 Å². The molecule has 1 heteroatoms. The van der Waals surface area contributed by atoms with Crippen molar-refractivity contribution in [3.05, 3.63) is 60.2 Å². The van der Waals surface area contributed by atoms with Crippen molar-refractivity contribution in [2.45, 2.75) is 90.1 Å². The van der Waals surface area contributed by atoms with Gasteiger partial charge in [0.05, 0.1) is 6.61 Å². The van der Waals surface area contributed by atoms with Crippen molar-refractivity contribution in [2.24, 2.45) is 17.8 Å². The van der Waals surface area contributed by atoms with Crippen LogP contribution in [0.5, 0.6) is 0 Å². The van der Waals surface area contributed by atoms with Crippen LogP contribution in [0, 0.1) is 17.8 Å². The molecule has 0 atom stereocenters. The number of allylic oxidation sites excluding steroid dienone is 3. The maximum absolute atomic E-state index is 5.77. The summed E-state index contributed by atoms with van der Waals surface area (Å²) in [5, 5.41) is 0. The average molecular weight is 395 g/mol. The van der Waals surface area contributed by atoms with E-state index in [0.29, 0.717) is 0 Å². The highest BCUT2D eigenvalue weighted by atomic mass is 16.5. The third kappa shape index (κ3) is 7.14. The largest absolute Gasteiger partial charge is 0.377 e. The summed E-state index contributed by atoms with van der Waals surface area (Å²) < 4.78 is 5.77. The molecule has 2 aliphatic carbocycles. The summed E-state index contributed by atoms with van der Waals surface area (Å²) in [7, 11) is 0. The Morgan fingerprint density at radius 2 is 1.59 bits per heavy atom. The molecule has 0 unspecified atom stereocenters. The van der Waals surface area contributed by atoms with Gasteiger partial charge in [0.1, 0.15) is 0 Å². The zero-order valence-corrected chi connectivity index (χ0v) is 18.7. The molecule has 1 nitrogen and oxygen atoms in total. The zero-order valence-electron chi connectivity index (χ0n) is 18.7. The van der Waals surface area contributed by atoms with Gasteiger partial charge in [0.25, 0.3) is 0 Å². The van der Waals surface area contributed by atoms with Gasteiger partial charge in [-0.3, -0.25) is 0 Å². The van der Waals surface area contributed by atoms with Gasteiger partial charge in [-0.1, -0.05) is 49.4 Å². The van der Waals surface area contributed by atoms with Crippen LogP contribution >= 0.6 is 0 Å². The van der Waals surface area contributed by atoms with E-state index in [1.54, 1.807) is 5.56 Å². The molecule has 0 aromatic heterocycles. The predicted octanol–water partition coefficient (Wildman–Crippen LogP) is 8.22. The van der Waals surface area contributed by atoms with Crippen molar-refractivity contribution in [1.82, 2.24) is 0 Å². The Kier molecular flexibility index (Phi) is 9.54. The molecule has 0 amide bonds. The van der Waals surface area contributed by atoms with Crippen LogP contribution in [-0.2, 0) is 11.3 Å². The van der Waals surface area contributed by atoms with Crippen LogP contribution in [0.2, 0.25) is 0 Å². The Labute approximate surface area is 179 Å². The molecule has 0 heterocycles. The molecule has 0 N–H and O–H groups in total. The van der Waals surface area contributed by atoms with E-state index in [9.17, 15) is 0 Å². The first-order valence-electron chi connectivity index (χ1n) is 12.2. The highest BCUT2D eigenvalue weighted by Gasteiger charge is 2.30. The van der Waals surface area contributed by atoms with Gasteiger partial charge < -0.3 is 4.74 Å². The standard InChI is InChI=1S/C28H42O/c1-3-5-7-21-29-22-24-11-15-26(16-12-24)28-19-17-27(18-20-28)25-13-9-23(10-14-25)8-6-4-2/h3,6,8,11-12,15-16,23,25,27-28H,1,4-5,7,9-10,13-14,17-22H2,2H3/b8-6+/t23-,25-,27?,28?. The summed E-state index contributed by atoms with van der Waals surface area (Å²) in [5.41, 5.74) is 2.85. The number of hydrogen-bond acceptors (Lipinski definition) is 1. The van der Waals surface area contributed by atoms with Crippen molar-refractivity contribution in [1.29, 1.82) is 0 Å². The fourth-order valence-corrected chi connectivity index (χ4v) is 5.47. The second-order valence-corrected chi connectivity index (χ2v) is 9.35. The maximum atomic E-state index is 5.77. The molecule has 0 spiro atoms. The van der Waals surface area contributed by atoms with E-state index < -0.39 is 0 Å². The topological polar surface area (TPSA) is 9.23 Å². The van der Waals surface area contributed by atoms with Crippen LogP contribution in [0.3, 0.4) is 0 Å². The van der Waals surface area contributed by atoms with Gasteiger partial charge in [0.15, 0.2) is 0 Å². The Hall–Kier alpha value is -1.34. The van der Waals surface area contributed by atoms with Gasteiger partial charge in [-0.15, -0.1) is 6.58 Å². The van der Waals surface area contributed by atoms with Crippen LogP contribution in [0.25, 0.3) is 0 Å². The Morgan fingerprint density at radius 3 is 2.21 bits per heavy atom. The van der Waals surface area contributed by atoms with Crippen molar-refractivity contribution in [2.75, 3.05) is 6.61 Å². The maximum Gasteiger partial charge on any atom is 0.0716 e. The number of ether oxygens (including phenoxy) is 1. The monoisotopic (exact) mass is 394 g/mol. The second-order valence-electron chi connectivity index (χ2n) is 9.35. The molecule has 0 radical (unpaired) electrons. The highest BCUT2D eigenvalue weighted by molar-refractivity contribution is 5.25. The highest BCUT2D eigenvalue weighted by Crippen LogP contribution is 2.44. The van der Waals surface area contributed by atoms with Crippen molar-refractivity contribution in [3.8, 4) is 0 Å². The molecule has 0 saturated heterocycles. The van der Waals surface area contributed by atoms with E-state index in [1.807, 2.05) is 6.08 Å². The number of hydrogen-bond donors (Lipinski definition) is 0. The number of rotatable bonds is 10. The smallest absolute Gasteiger partial charge is 0.0716 e. The first kappa shape index (κ1) is 22.3. The first-order chi connectivity index (χ1) is 14.3. The number of benzene rings is 1. The van der Waals surface area contributed by atoms with Crippen LogP contribution in [0.1, 0.15) is 94.6 Å². The molecule has 2 saturated carbocycles. The molecule has 1 aromatic carbocycles. The van der Waals surface area contributed by atoms with Crippen molar-refractivity contribution in [3.63, 3.8) is 0 Å². The summed E-state index contributed by atoms with van der Waals surface area (Å²) in [6.45, 7) is 7.56. The molecule has 0 aliphatic heterocycles. The molecule has 0 bridgehead atoms. The zero-order chi connectivity index (χ0) is 20.3. The molecule has 2 fully saturated rings. The van der Waals surface area contributed by atoms with Crippen LogP contribution in [0.4, 0.5) is 0 Å². The van der Waals surface area contributed by atoms with Gasteiger partial charge in [-0.25, -0.2) is 0 Å². The van der Waals surface area contributed by atoms with Crippen LogP contribution < -0.4 is 0 Å². The van der Waals surface area contributed by atoms with E-state index in [1.165, 1.54) is 63.4 Å². The lowest BCUT2D eigenvalue weighted by molar-refractivity contribution is 0.119. The van der Waals surface area contributed by atoms with Crippen LogP contribution in [-0.4, -0.2) is 6.61 Å². The second kappa shape index (κ2) is 12.4. The minimum absolute atomic E-state index is 0.736. The third-order valence-corrected chi connectivity index (χ3v) is 7.32. The lowest BCUT2D eigenvalue weighted by Gasteiger charge is -2.37. The average Bonchev–Trinajstić information content (AvgIpc) is 2.78. The molecular formula is C28H42O. The fourth-order valence-electron chi connectivity index (χ4n) is 5.47. The molecule has 29 heavy (non-hydrogen) atoms. The molecule has 2 aliphatic rings. The Balaban J connectivity index is 1.38. The molecule has 3 rings (SSSR count). The quantitative estimate of drug-likeness (QED) is 0.287. The summed E-state index contributed by atoms with van der Waals surface area (Å²) >= 11 is 0. The predicted molar refractivity (Wildman–Crippen MR) is 125 cm³/mol. The van der Waals surface area contributed by atoms with Crippen molar-refractivity contribution < 1.29 is 4.74 Å². The van der Waals surface area contributed by atoms with E-state index in [-0.39, 0.29) is 0 Å². The SMILES string of the molecule is C=CCCCOCc1ccc(C2CCC([C@H]3CC[C@H](/C=C/CC)CC3)CC2)cc1. The van der Waals surface area contributed by atoms with E-state index in [4.69, 9.17) is 4.74 Å². The molecular weight excluding hydrogens is 352 g/mol. The van der Waals surface area contributed by atoms with Gasteiger partial charge in [0.2, 0.25) is 0 Å². The summed E-state index contributed by atoms with van der Waals surface area (Å²) in [6.07, 6.45) is 21.6. The Morgan fingerprint density at radius 1 is 0.931 bits per heavy atom. The van der Waals surface area contributed by atoms with Crippen LogP contribution in [0.15, 0.2) is 49.1 Å². The third-order valence-electron chi connectivity index (χ3n) is 7.32. The number of unbranched alkanes of at least 4 members (excludes halogenated alkanes) is 1. The first-order valence-corrected chi connectivity index (χ1v) is 12.2. The van der Waals surface area contributed by atoms with E-state index >= 15 is 0 Å². The van der Waals surface area contributed by atoms with Gasteiger partial charge in [-0.2, -0.15) is 0 Å². The van der Waals surface area contributed by atoms with Crippen molar-refractivity contribution >= 4 is 0 Å². The fraction of sp³-hybridized carbons (Fsp3) is 0.643.